The molecule has 0 unspecified atom stereocenters. The third kappa shape index (κ3) is 4.86. The SMILES string of the molecule is CC(C)Cc1nc(-c2ccncn2)sc1CNC(C)(C)C. The summed E-state index contributed by atoms with van der Waals surface area (Å²) in [5, 5.41) is 4.54. The topological polar surface area (TPSA) is 50.7 Å². The molecular weight excluding hydrogens is 280 g/mol. The van der Waals surface area contributed by atoms with Gasteiger partial charge >= 0.3 is 0 Å². The summed E-state index contributed by atoms with van der Waals surface area (Å²) in [6.45, 7) is 11.9. The summed E-state index contributed by atoms with van der Waals surface area (Å²) in [6, 6.07) is 1.92. The summed E-state index contributed by atoms with van der Waals surface area (Å²) in [5.41, 5.74) is 2.20. The highest BCUT2D eigenvalue weighted by molar-refractivity contribution is 7.15. The molecule has 0 aliphatic carbocycles. The van der Waals surface area contributed by atoms with Crippen LogP contribution in [0.5, 0.6) is 0 Å². The minimum Gasteiger partial charge on any atom is -0.307 e. The Labute approximate surface area is 131 Å². The van der Waals surface area contributed by atoms with Crippen LogP contribution in [0.4, 0.5) is 0 Å². The second-order valence-corrected chi connectivity index (χ2v) is 7.77. The number of nitrogens with zero attached hydrogens (tertiary/aromatic N) is 3. The van der Waals surface area contributed by atoms with E-state index in [2.05, 4.69) is 49.9 Å². The van der Waals surface area contributed by atoms with Crippen LogP contribution in [0.1, 0.15) is 45.2 Å². The second-order valence-electron chi connectivity index (χ2n) is 6.69. The van der Waals surface area contributed by atoms with E-state index in [1.807, 2.05) is 6.07 Å². The number of nitrogens with one attached hydrogen (secondary N) is 1. The van der Waals surface area contributed by atoms with Crippen LogP contribution >= 0.6 is 11.3 Å². The highest BCUT2D eigenvalue weighted by Gasteiger charge is 2.16. The van der Waals surface area contributed by atoms with E-state index >= 15 is 0 Å². The predicted octanol–water partition coefficient (Wildman–Crippen LogP) is 3.69. The van der Waals surface area contributed by atoms with Crippen LogP contribution < -0.4 is 5.32 Å². The van der Waals surface area contributed by atoms with Gasteiger partial charge in [0.15, 0.2) is 0 Å². The van der Waals surface area contributed by atoms with E-state index in [1.165, 1.54) is 10.6 Å². The molecule has 2 aromatic rings. The lowest BCUT2D eigenvalue weighted by molar-refractivity contribution is 0.425. The summed E-state index contributed by atoms with van der Waals surface area (Å²) in [7, 11) is 0. The number of aromatic nitrogens is 3. The van der Waals surface area contributed by atoms with Gasteiger partial charge in [-0.05, 0) is 39.2 Å². The zero-order chi connectivity index (χ0) is 15.5. The third-order valence-electron chi connectivity index (χ3n) is 2.96. The van der Waals surface area contributed by atoms with E-state index in [0.29, 0.717) is 5.92 Å². The fourth-order valence-electron chi connectivity index (χ4n) is 1.94. The smallest absolute Gasteiger partial charge is 0.142 e. The van der Waals surface area contributed by atoms with Crippen molar-refractivity contribution in [3.8, 4) is 10.7 Å². The summed E-state index contributed by atoms with van der Waals surface area (Å²) in [5.74, 6) is 0.596. The molecule has 0 saturated carbocycles. The van der Waals surface area contributed by atoms with E-state index in [-0.39, 0.29) is 5.54 Å². The fraction of sp³-hybridized carbons (Fsp3) is 0.562. The lowest BCUT2D eigenvalue weighted by Gasteiger charge is -2.20. The Hall–Kier alpha value is -1.33. The molecule has 0 saturated heterocycles. The normalized spacial score (nSPS) is 12.1. The van der Waals surface area contributed by atoms with Crippen molar-refractivity contribution in [2.75, 3.05) is 0 Å². The molecule has 2 rings (SSSR count). The van der Waals surface area contributed by atoms with Gasteiger partial charge in [0.1, 0.15) is 17.0 Å². The van der Waals surface area contributed by atoms with E-state index in [0.717, 1.165) is 23.7 Å². The molecule has 0 bridgehead atoms. The summed E-state index contributed by atoms with van der Waals surface area (Å²) in [6.07, 6.45) is 4.34. The quantitative estimate of drug-likeness (QED) is 0.915. The Balaban J connectivity index is 2.27. The van der Waals surface area contributed by atoms with Crippen molar-refractivity contribution in [2.45, 2.75) is 53.1 Å². The minimum absolute atomic E-state index is 0.105. The number of rotatable bonds is 5. The molecule has 1 N–H and O–H groups in total. The maximum Gasteiger partial charge on any atom is 0.142 e. The van der Waals surface area contributed by atoms with Gasteiger partial charge in [-0.3, -0.25) is 0 Å². The van der Waals surface area contributed by atoms with Crippen molar-refractivity contribution in [1.82, 2.24) is 20.3 Å². The highest BCUT2D eigenvalue weighted by atomic mass is 32.1. The Morgan fingerprint density at radius 1 is 1.29 bits per heavy atom. The Morgan fingerprint density at radius 3 is 2.62 bits per heavy atom. The summed E-state index contributed by atoms with van der Waals surface area (Å²) >= 11 is 1.73. The Kier molecular flexibility index (Phi) is 5.06. The van der Waals surface area contributed by atoms with Crippen LogP contribution in [0.2, 0.25) is 0 Å². The Morgan fingerprint density at radius 2 is 2.05 bits per heavy atom. The van der Waals surface area contributed by atoms with Crippen LogP contribution in [0.25, 0.3) is 10.7 Å². The van der Waals surface area contributed by atoms with Gasteiger partial charge in [-0.1, -0.05) is 13.8 Å². The van der Waals surface area contributed by atoms with Gasteiger partial charge in [-0.25, -0.2) is 15.0 Å². The first-order valence-electron chi connectivity index (χ1n) is 7.35. The van der Waals surface area contributed by atoms with Gasteiger partial charge in [-0.2, -0.15) is 0 Å². The van der Waals surface area contributed by atoms with Crippen LogP contribution in [0, 0.1) is 5.92 Å². The minimum atomic E-state index is 0.105. The zero-order valence-electron chi connectivity index (χ0n) is 13.5. The first kappa shape index (κ1) is 16.0. The molecule has 114 valence electrons. The van der Waals surface area contributed by atoms with Gasteiger partial charge in [0, 0.05) is 23.2 Å². The average molecular weight is 304 g/mol. The van der Waals surface area contributed by atoms with E-state index in [9.17, 15) is 0 Å². The lowest BCUT2D eigenvalue weighted by Crippen LogP contribution is -2.35. The first-order valence-corrected chi connectivity index (χ1v) is 8.17. The van der Waals surface area contributed by atoms with Crippen LogP contribution in [-0.4, -0.2) is 20.5 Å². The zero-order valence-corrected chi connectivity index (χ0v) is 14.3. The van der Waals surface area contributed by atoms with Gasteiger partial charge in [-0.15, -0.1) is 11.3 Å². The number of hydrogen-bond donors (Lipinski definition) is 1. The lowest BCUT2D eigenvalue weighted by atomic mass is 10.1. The molecule has 0 amide bonds. The van der Waals surface area contributed by atoms with Crippen molar-refractivity contribution < 1.29 is 0 Å². The average Bonchev–Trinajstić information content (AvgIpc) is 2.79. The van der Waals surface area contributed by atoms with E-state index in [4.69, 9.17) is 4.98 Å². The molecular formula is C16H24N4S. The molecule has 2 aromatic heterocycles. The van der Waals surface area contributed by atoms with Crippen LogP contribution in [-0.2, 0) is 13.0 Å². The van der Waals surface area contributed by atoms with Crippen molar-refractivity contribution in [3.63, 3.8) is 0 Å². The molecule has 5 heteroatoms. The highest BCUT2D eigenvalue weighted by Crippen LogP contribution is 2.28. The number of thiazole rings is 1. The van der Waals surface area contributed by atoms with Gasteiger partial charge < -0.3 is 5.32 Å². The monoisotopic (exact) mass is 304 g/mol. The predicted molar refractivity (Wildman–Crippen MR) is 88.3 cm³/mol. The summed E-state index contributed by atoms with van der Waals surface area (Å²) < 4.78 is 0. The third-order valence-corrected chi connectivity index (χ3v) is 4.08. The van der Waals surface area contributed by atoms with Gasteiger partial charge in [0.2, 0.25) is 0 Å². The molecule has 2 heterocycles. The molecule has 0 spiro atoms. The molecule has 4 nitrogen and oxygen atoms in total. The molecule has 0 aliphatic rings. The molecule has 0 atom stereocenters. The maximum absolute atomic E-state index is 4.81. The molecule has 0 aromatic carbocycles. The molecule has 21 heavy (non-hydrogen) atoms. The van der Waals surface area contributed by atoms with Gasteiger partial charge in [0.25, 0.3) is 0 Å². The van der Waals surface area contributed by atoms with Crippen molar-refractivity contribution in [2.24, 2.45) is 5.92 Å². The van der Waals surface area contributed by atoms with Crippen LogP contribution in [0.15, 0.2) is 18.6 Å². The molecule has 0 radical (unpaired) electrons. The Bertz CT molecular complexity index is 570. The fourth-order valence-corrected chi connectivity index (χ4v) is 2.95. The van der Waals surface area contributed by atoms with E-state index < -0.39 is 0 Å². The largest absolute Gasteiger partial charge is 0.307 e. The maximum atomic E-state index is 4.81. The van der Waals surface area contributed by atoms with Crippen LogP contribution in [0.3, 0.4) is 0 Å². The van der Waals surface area contributed by atoms with Crippen molar-refractivity contribution in [3.05, 3.63) is 29.2 Å². The van der Waals surface area contributed by atoms with E-state index in [1.54, 1.807) is 23.9 Å². The van der Waals surface area contributed by atoms with Crippen molar-refractivity contribution in [1.29, 1.82) is 0 Å². The standard InChI is InChI=1S/C16H24N4S/c1-11(2)8-13-14(9-19-16(3,4)5)21-15(20-13)12-6-7-17-10-18-12/h6-7,10-11,19H,8-9H2,1-5H3. The van der Waals surface area contributed by atoms with Crippen molar-refractivity contribution >= 4 is 11.3 Å². The van der Waals surface area contributed by atoms with Gasteiger partial charge in [0.05, 0.1) is 5.69 Å². The first-order chi connectivity index (χ1) is 9.85. The number of hydrogen-bond acceptors (Lipinski definition) is 5. The second kappa shape index (κ2) is 6.62. The molecule has 0 aliphatic heterocycles. The summed E-state index contributed by atoms with van der Waals surface area (Å²) in [4.78, 5) is 14.4. The molecule has 0 fully saturated rings.